The summed E-state index contributed by atoms with van der Waals surface area (Å²) in [5.74, 6) is -0.215. The first kappa shape index (κ1) is 12.7. The lowest BCUT2D eigenvalue weighted by molar-refractivity contribution is 0.627. The number of hydrogen-bond donors (Lipinski definition) is 2. The van der Waals surface area contributed by atoms with E-state index in [9.17, 15) is 4.39 Å². The van der Waals surface area contributed by atoms with Crippen molar-refractivity contribution in [1.29, 1.82) is 0 Å². The number of halogens is 1. The Bertz CT molecular complexity index is 744. The molecular formula is C16H16FN3. The summed E-state index contributed by atoms with van der Waals surface area (Å²) in [7, 11) is 0. The highest BCUT2D eigenvalue weighted by molar-refractivity contribution is 5.93. The van der Waals surface area contributed by atoms with Crippen molar-refractivity contribution in [2.45, 2.75) is 20.4 Å². The van der Waals surface area contributed by atoms with Crippen LogP contribution in [0.1, 0.15) is 16.8 Å². The molecule has 0 saturated carbocycles. The van der Waals surface area contributed by atoms with Gasteiger partial charge in [-0.1, -0.05) is 12.1 Å². The van der Waals surface area contributed by atoms with Crippen molar-refractivity contribution in [1.82, 2.24) is 9.97 Å². The van der Waals surface area contributed by atoms with Crippen molar-refractivity contribution in [3.05, 3.63) is 59.3 Å². The van der Waals surface area contributed by atoms with Gasteiger partial charge in [-0.05, 0) is 37.1 Å². The second-order valence-electron chi connectivity index (χ2n) is 4.96. The predicted octanol–water partition coefficient (Wildman–Crippen LogP) is 3.93. The summed E-state index contributed by atoms with van der Waals surface area (Å²) >= 11 is 0. The maximum Gasteiger partial charge on any atom is 0.123 e. The number of hydrogen-bond acceptors (Lipinski definition) is 2. The fraction of sp³-hybridized carbons (Fsp3) is 0.188. The molecule has 3 nitrogen and oxygen atoms in total. The molecular weight excluding hydrogens is 253 g/mol. The fourth-order valence-corrected chi connectivity index (χ4v) is 2.30. The van der Waals surface area contributed by atoms with Gasteiger partial charge in [0.25, 0.3) is 0 Å². The largest absolute Gasteiger partial charge is 0.378 e. The van der Waals surface area contributed by atoms with Crippen LogP contribution in [-0.4, -0.2) is 9.97 Å². The quantitative estimate of drug-likeness (QED) is 0.756. The van der Waals surface area contributed by atoms with E-state index in [1.54, 1.807) is 18.3 Å². The zero-order valence-electron chi connectivity index (χ0n) is 11.5. The SMILES string of the molecule is Cc1[nH]c2c(NCc3ccc(F)cc3)cncc2c1C. The Balaban J connectivity index is 1.87. The fourth-order valence-electron chi connectivity index (χ4n) is 2.30. The number of aromatic amines is 1. The lowest BCUT2D eigenvalue weighted by Gasteiger charge is -2.07. The zero-order valence-corrected chi connectivity index (χ0v) is 11.5. The lowest BCUT2D eigenvalue weighted by atomic mass is 10.2. The van der Waals surface area contributed by atoms with Crippen LogP contribution >= 0.6 is 0 Å². The molecule has 20 heavy (non-hydrogen) atoms. The van der Waals surface area contributed by atoms with Gasteiger partial charge in [0.15, 0.2) is 0 Å². The van der Waals surface area contributed by atoms with Crippen LogP contribution in [0.25, 0.3) is 10.9 Å². The van der Waals surface area contributed by atoms with Crippen LogP contribution in [0.4, 0.5) is 10.1 Å². The Labute approximate surface area is 116 Å². The van der Waals surface area contributed by atoms with Gasteiger partial charge in [-0.3, -0.25) is 4.98 Å². The molecule has 0 bridgehead atoms. The van der Waals surface area contributed by atoms with Crippen molar-refractivity contribution >= 4 is 16.6 Å². The van der Waals surface area contributed by atoms with Crippen LogP contribution in [0.5, 0.6) is 0 Å². The monoisotopic (exact) mass is 269 g/mol. The summed E-state index contributed by atoms with van der Waals surface area (Å²) < 4.78 is 12.9. The van der Waals surface area contributed by atoms with E-state index in [1.165, 1.54) is 17.7 Å². The molecule has 0 saturated heterocycles. The van der Waals surface area contributed by atoms with Gasteiger partial charge >= 0.3 is 0 Å². The molecule has 0 aliphatic rings. The molecule has 0 unspecified atom stereocenters. The second-order valence-corrected chi connectivity index (χ2v) is 4.96. The molecule has 0 amide bonds. The minimum absolute atomic E-state index is 0.215. The molecule has 0 atom stereocenters. The Morgan fingerprint density at radius 1 is 1.15 bits per heavy atom. The van der Waals surface area contributed by atoms with Gasteiger partial charge in [-0.15, -0.1) is 0 Å². The molecule has 0 aliphatic heterocycles. The summed E-state index contributed by atoms with van der Waals surface area (Å²) in [5, 5.41) is 4.48. The van der Waals surface area contributed by atoms with Crippen LogP contribution in [0.3, 0.4) is 0 Å². The van der Waals surface area contributed by atoms with Gasteiger partial charge in [0.05, 0.1) is 17.4 Å². The van der Waals surface area contributed by atoms with E-state index in [1.807, 2.05) is 6.20 Å². The molecule has 1 aromatic carbocycles. The second kappa shape index (κ2) is 4.96. The standard InChI is InChI=1S/C16H16FN3/c1-10-11(2)20-16-14(10)8-18-9-15(16)19-7-12-3-5-13(17)6-4-12/h3-6,8-9,19-20H,7H2,1-2H3. The number of fused-ring (bicyclic) bond motifs is 1. The van der Waals surface area contributed by atoms with E-state index < -0.39 is 0 Å². The third kappa shape index (κ3) is 2.25. The molecule has 102 valence electrons. The van der Waals surface area contributed by atoms with Gasteiger partial charge < -0.3 is 10.3 Å². The highest BCUT2D eigenvalue weighted by atomic mass is 19.1. The minimum atomic E-state index is -0.215. The maximum atomic E-state index is 12.9. The first-order valence-electron chi connectivity index (χ1n) is 6.56. The summed E-state index contributed by atoms with van der Waals surface area (Å²) in [5.41, 5.74) is 5.43. The van der Waals surface area contributed by atoms with Crippen molar-refractivity contribution in [3.8, 4) is 0 Å². The zero-order chi connectivity index (χ0) is 14.1. The Morgan fingerprint density at radius 2 is 1.90 bits per heavy atom. The van der Waals surface area contributed by atoms with E-state index in [0.29, 0.717) is 6.54 Å². The van der Waals surface area contributed by atoms with E-state index in [4.69, 9.17) is 0 Å². The summed E-state index contributed by atoms with van der Waals surface area (Å²) in [4.78, 5) is 7.65. The van der Waals surface area contributed by atoms with Crippen molar-refractivity contribution in [3.63, 3.8) is 0 Å². The average molecular weight is 269 g/mol. The average Bonchev–Trinajstić information content (AvgIpc) is 2.75. The minimum Gasteiger partial charge on any atom is -0.378 e. The van der Waals surface area contributed by atoms with Crippen LogP contribution < -0.4 is 5.32 Å². The molecule has 2 heterocycles. The Morgan fingerprint density at radius 3 is 2.65 bits per heavy atom. The number of nitrogens with one attached hydrogen (secondary N) is 2. The number of aryl methyl sites for hydroxylation is 2. The molecule has 0 radical (unpaired) electrons. The third-order valence-corrected chi connectivity index (χ3v) is 3.62. The molecule has 2 aromatic heterocycles. The van der Waals surface area contributed by atoms with Crippen molar-refractivity contribution < 1.29 is 4.39 Å². The third-order valence-electron chi connectivity index (χ3n) is 3.62. The highest BCUT2D eigenvalue weighted by Gasteiger charge is 2.08. The highest BCUT2D eigenvalue weighted by Crippen LogP contribution is 2.26. The molecule has 0 fully saturated rings. The maximum absolute atomic E-state index is 12.9. The first-order chi connectivity index (χ1) is 9.65. The number of H-pyrrole nitrogens is 1. The van der Waals surface area contributed by atoms with Gasteiger partial charge in [0.1, 0.15) is 5.82 Å². The van der Waals surface area contributed by atoms with E-state index in [2.05, 4.69) is 29.1 Å². The first-order valence-corrected chi connectivity index (χ1v) is 6.56. The van der Waals surface area contributed by atoms with Gasteiger partial charge in [0.2, 0.25) is 0 Å². The predicted molar refractivity (Wildman–Crippen MR) is 79.3 cm³/mol. The number of aromatic nitrogens is 2. The van der Waals surface area contributed by atoms with Crippen molar-refractivity contribution in [2.24, 2.45) is 0 Å². The molecule has 3 rings (SSSR count). The van der Waals surface area contributed by atoms with Gasteiger partial charge in [-0.2, -0.15) is 0 Å². The summed E-state index contributed by atoms with van der Waals surface area (Å²) in [6.45, 7) is 4.77. The van der Waals surface area contributed by atoms with E-state index >= 15 is 0 Å². The Kier molecular flexibility index (Phi) is 3.14. The topological polar surface area (TPSA) is 40.7 Å². The van der Waals surface area contributed by atoms with Crippen LogP contribution in [0.15, 0.2) is 36.7 Å². The van der Waals surface area contributed by atoms with E-state index in [-0.39, 0.29) is 5.82 Å². The van der Waals surface area contributed by atoms with Crippen molar-refractivity contribution in [2.75, 3.05) is 5.32 Å². The normalized spacial score (nSPS) is 10.9. The number of anilines is 1. The summed E-state index contributed by atoms with van der Waals surface area (Å²) in [6, 6.07) is 6.50. The number of pyridine rings is 1. The molecule has 2 N–H and O–H groups in total. The van der Waals surface area contributed by atoms with E-state index in [0.717, 1.165) is 27.8 Å². The van der Waals surface area contributed by atoms with Crippen LogP contribution in [0, 0.1) is 19.7 Å². The molecule has 0 spiro atoms. The number of benzene rings is 1. The Hall–Kier alpha value is -2.36. The van der Waals surface area contributed by atoms with Gasteiger partial charge in [-0.25, -0.2) is 4.39 Å². The summed E-state index contributed by atoms with van der Waals surface area (Å²) in [6.07, 6.45) is 3.68. The smallest absolute Gasteiger partial charge is 0.123 e. The number of rotatable bonds is 3. The van der Waals surface area contributed by atoms with Crippen LogP contribution in [-0.2, 0) is 6.54 Å². The van der Waals surface area contributed by atoms with Gasteiger partial charge in [0, 0.05) is 23.8 Å². The van der Waals surface area contributed by atoms with Crippen LogP contribution in [0.2, 0.25) is 0 Å². The molecule has 0 aliphatic carbocycles. The molecule has 4 heteroatoms. The lowest BCUT2D eigenvalue weighted by Crippen LogP contribution is -2.00. The molecule has 3 aromatic rings. The number of nitrogens with zero attached hydrogens (tertiary/aromatic N) is 1.